The van der Waals surface area contributed by atoms with E-state index in [1.165, 1.54) is 25.3 Å². The zero-order valence-corrected chi connectivity index (χ0v) is 11.5. The van der Waals surface area contributed by atoms with E-state index in [9.17, 15) is 14.9 Å². The number of piperazine rings is 1. The summed E-state index contributed by atoms with van der Waals surface area (Å²) in [7, 11) is 3.44. The van der Waals surface area contributed by atoms with Crippen LogP contribution in [-0.4, -0.2) is 61.0 Å². The van der Waals surface area contributed by atoms with E-state index in [-0.39, 0.29) is 17.2 Å². The number of non-ortho nitro benzene ring substituents is 1. The fourth-order valence-electron chi connectivity index (χ4n) is 2.16. The summed E-state index contributed by atoms with van der Waals surface area (Å²) in [6.07, 6.45) is 0. The number of nitro benzene ring substituents is 1. The van der Waals surface area contributed by atoms with Crippen molar-refractivity contribution in [3.8, 4) is 5.75 Å². The minimum atomic E-state index is -0.514. The second-order valence-corrected chi connectivity index (χ2v) is 4.74. The molecule has 1 amide bonds. The van der Waals surface area contributed by atoms with Crippen LogP contribution in [0, 0.1) is 10.1 Å². The number of likely N-dealkylation sites (N-methyl/N-ethyl adjacent to an activating group) is 1. The van der Waals surface area contributed by atoms with Crippen LogP contribution in [0.25, 0.3) is 0 Å². The lowest BCUT2D eigenvalue weighted by atomic mass is 10.1. The molecule has 0 aliphatic carbocycles. The van der Waals surface area contributed by atoms with E-state index < -0.39 is 4.92 Å². The van der Waals surface area contributed by atoms with E-state index in [1.807, 2.05) is 7.05 Å². The fraction of sp³-hybridized carbons (Fsp3) is 0.462. The lowest BCUT2D eigenvalue weighted by Gasteiger charge is -2.32. The Morgan fingerprint density at radius 2 is 1.95 bits per heavy atom. The summed E-state index contributed by atoms with van der Waals surface area (Å²) < 4.78 is 5.13. The normalized spacial score (nSPS) is 16.0. The summed E-state index contributed by atoms with van der Waals surface area (Å²) in [5.41, 5.74) is 0.134. The SMILES string of the molecule is COc1ccc([N+](=O)[O-])cc1C(=O)N1CCN(C)CC1. The second kappa shape index (κ2) is 5.87. The molecule has 0 atom stereocenters. The van der Waals surface area contributed by atoms with Gasteiger partial charge in [0.15, 0.2) is 0 Å². The van der Waals surface area contributed by atoms with E-state index >= 15 is 0 Å². The maximum absolute atomic E-state index is 12.5. The third-order valence-corrected chi connectivity index (χ3v) is 3.41. The maximum Gasteiger partial charge on any atom is 0.270 e. The number of carbonyl (C=O) groups excluding carboxylic acids is 1. The van der Waals surface area contributed by atoms with Crippen molar-refractivity contribution in [3.05, 3.63) is 33.9 Å². The van der Waals surface area contributed by atoms with Gasteiger partial charge in [-0.3, -0.25) is 14.9 Å². The van der Waals surface area contributed by atoms with Gasteiger partial charge in [-0.25, -0.2) is 0 Å². The van der Waals surface area contributed by atoms with Crippen molar-refractivity contribution in [3.63, 3.8) is 0 Å². The first kappa shape index (κ1) is 14.3. The predicted molar refractivity (Wildman–Crippen MR) is 73.0 cm³/mol. The Kier molecular flexibility index (Phi) is 4.19. The van der Waals surface area contributed by atoms with Crippen molar-refractivity contribution in [2.75, 3.05) is 40.3 Å². The van der Waals surface area contributed by atoms with Crippen molar-refractivity contribution in [2.24, 2.45) is 0 Å². The highest BCUT2D eigenvalue weighted by Gasteiger charge is 2.24. The highest BCUT2D eigenvalue weighted by Crippen LogP contribution is 2.25. The Hall–Kier alpha value is -2.15. The molecular weight excluding hydrogens is 262 g/mol. The molecule has 0 radical (unpaired) electrons. The number of nitro groups is 1. The quantitative estimate of drug-likeness (QED) is 0.609. The van der Waals surface area contributed by atoms with Crippen LogP contribution >= 0.6 is 0 Å². The number of ether oxygens (including phenoxy) is 1. The van der Waals surface area contributed by atoms with Crippen molar-refractivity contribution >= 4 is 11.6 Å². The monoisotopic (exact) mass is 279 g/mol. The number of benzene rings is 1. The van der Waals surface area contributed by atoms with Gasteiger partial charge in [0.25, 0.3) is 11.6 Å². The molecular formula is C13H17N3O4. The molecule has 1 heterocycles. The number of hydrogen-bond donors (Lipinski definition) is 0. The highest BCUT2D eigenvalue weighted by atomic mass is 16.6. The van der Waals surface area contributed by atoms with Crippen LogP contribution in [0.3, 0.4) is 0 Å². The van der Waals surface area contributed by atoms with E-state index in [0.29, 0.717) is 18.8 Å². The van der Waals surface area contributed by atoms with Crippen molar-refractivity contribution < 1.29 is 14.5 Å². The molecule has 1 aliphatic rings. The zero-order chi connectivity index (χ0) is 14.7. The van der Waals surface area contributed by atoms with E-state index in [4.69, 9.17) is 4.74 Å². The summed E-state index contributed by atoms with van der Waals surface area (Å²) >= 11 is 0. The molecule has 108 valence electrons. The van der Waals surface area contributed by atoms with Gasteiger partial charge in [0.05, 0.1) is 17.6 Å². The fourth-order valence-corrected chi connectivity index (χ4v) is 2.16. The summed E-state index contributed by atoms with van der Waals surface area (Å²) in [6.45, 7) is 2.81. The zero-order valence-electron chi connectivity index (χ0n) is 11.5. The molecule has 1 aliphatic heterocycles. The number of hydrogen-bond acceptors (Lipinski definition) is 5. The lowest BCUT2D eigenvalue weighted by Crippen LogP contribution is -2.47. The number of carbonyl (C=O) groups is 1. The molecule has 7 heteroatoms. The van der Waals surface area contributed by atoms with E-state index in [0.717, 1.165) is 13.1 Å². The Bertz CT molecular complexity index is 524. The Labute approximate surface area is 116 Å². The first-order chi connectivity index (χ1) is 9.52. The Morgan fingerprint density at radius 1 is 1.30 bits per heavy atom. The van der Waals surface area contributed by atoms with Gasteiger partial charge in [-0.1, -0.05) is 0 Å². The molecule has 1 saturated heterocycles. The lowest BCUT2D eigenvalue weighted by molar-refractivity contribution is -0.384. The van der Waals surface area contributed by atoms with Gasteiger partial charge >= 0.3 is 0 Å². The highest BCUT2D eigenvalue weighted by molar-refractivity contribution is 5.97. The van der Waals surface area contributed by atoms with Crippen molar-refractivity contribution in [1.29, 1.82) is 0 Å². The maximum atomic E-state index is 12.5. The average molecular weight is 279 g/mol. The summed E-state index contributed by atoms with van der Waals surface area (Å²) in [6, 6.07) is 4.07. The number of rotatable bonds is 3. The van der Waals surface area contributed by atoms with Crippen molar-refractivity contribution in [1.82, 2.24) is 9.80 Å². The van der Waals surface area contributed by atoms with Gasteiger partial charge in [0, 0.05) is 38.3 Å². The van der Waals surface area contributed by atoms with Crippen LogP contribution in [0.2, 0.25) is 0 Å². The third-order valence-electron chi connectivity index (χ3n) is 3.41. The van der Waals surface area contributed by atoms with Gasteiger partial charge in [0.2, 0.25) is 0 Å². The molecule has 0 N–H and O–H groups in total. The molecule has 0 unspecified atom stereocenters. The minimum Gasteiger partial charge on any atom is -0.496 e. The minimum absolute atomic E-state index is 0.108. The van der Waals surface area contributed by atoms with Gasteiger partial charge < -0.3 is 14.5 Å². The number of amides is 1. The number of nitrogens with zero attached hydrogens (tertiary/aromatic N) is 3. The van der Waals surface area contributed by atoms with Gasteiger partial charge in [-0.05, 0) is 13.1 Å². The molecule has 1 aromatic carbocycles. The smallest absolute Gasteiger partial charge is 0.270 e. The molecule has 1 aromatic rings. The average Bonchev–Trinajstić information content (AvgIpc) is 2.46. The molecule has 0 spiro atoms. The molecule has 20 heavy (non-hydrogen) atoms. The Morgan fingerprint density at radius 3 is 2.50 bits per heavy atom. The van der Waals surface area contributed by atoms with Crippen LogP contribution in [0.15, 0.2) is 18.2 Å². The molecule has 0 aromatic heterocycles. The van der Waals surface area contributed by atoms with Crippen LogP contribution in [-0.2, 0) is 0 Å². The van der Waals surface area contributed by atoms with Crippen LogP contribution in [0.5, 0.6) is 5.75 Å². The molecule has 7 nitrogen and oxygen atoms in total. The Balaban J connectivity index is 2.27. The molecule has 0 bridgehead atoms. The predicted octanol–water partition coefficient (Wildman–Crippen LogP) is 0.991. The topological polar surface area (TPSA) is 75.9 Å². The molecule has 2 rings (SSSR count). The summed E-state index contributed by atoms with van der Waals surface area (Å²) in [4.78, 5) is 26.6. The summed E-state index contributed by atoms with van der Waals surface area (Å²) in [5.74, 6) is 0.137. The van der Waals surface area contributed by atoms with Gasteiger partial charge in [-0.15, -0.1) is 0 Å². The van der Waals surface area contributed by atoms with Gasteiger partial charge in [0.1, 0.15) is 5.75 Å². The molecule has 0 saturated carbocycles. The first-order valence-corrected chi connectivity index (χ1v) is 6.33. The first-order valence-electron chi connectivity index (χ1n) is 6.33. The van der Waals surface area contributed by atoms with Gasteiger partial charge in [-0.2, -0.15) is 0 Å². The second-order valence-electron chi connectivity index (χ2n) is 4.74. The number of methoxy groups -OCH3 is 1. The third kappa shape index (κ3) is 2.88. The van der Waals surface area contributed by atoms with Crippen molar-refractivity contribution in [2.45, 2.75) is 0 Å². The van der Waals surface area contributed by atoms with E-state index in [1.54, 1.807) is 4.90 Å². The molecule has 1 fully saturated rings. The summed E-state index contributed by atoms with van der Waals surface area (Å²) in [5, 5.41) is 10.8. The van der Waals surface area contributed by atoms with Crippen LogP contribution in [0.1, 0.15) is 10.4 Å². The van der Waals surface area contributed by atoms with Crippen LogP contribution < -0.4 is 4.74 Å². The largest absolute Gasteiger partial charge is 0.496 e. The van der Waals surface area contributed by atoms with E-state index in [2.05, 4.69) is 4.90 Å². The standard InChI is InChI=1S/C13H17N3O4/c1-14-5-7-15(8-6-14)13(17)11-9-10(16(18)19)3-4-12(11)20-2/h3-4,9H,5-8H2,1-2H3. The van der Waals surface area contributed by atoms with Crippen LogP contribution in [0.4, 0.5) is 5.69 Å².